The van der Waals surface area contributed by atoms with Crippen molar-refractivity contribution in [3.05, 3.63) is 0 Å². The van der Waals surface area contributed by atoms with Gasteiger partial charge < -0.3 is 39.2 Å². The molecule has 2 aliphatic rings. The lowest BCUT2D eigenvalue weighted by atomic mass is 9.90. The molecule has 224 valence electrons. The summed E-state index contributed by atoms with van der Waals surface area (Å²) in [6.07, 6.45) is 2.72. The van der Waals surface area contributed by atoms with E-state index in [1.54, 1.807) is 26.2 Å². The molecule has 2 rings (SSSR count). The van der Waals surface area contributed by atoms with E-state index in [4.69, 9.17) is 14.5 Å². The van der Waals surface area contributed by atoms with Gasteiger partial charge in [0, 0.05) is 74.0 Å². The summed E-state index contributed by atoms with van der Waals surface area (Å²) in [5, 5.41) is 3.34. The van der Waals surface area contributed by atoms with Gasteiger partial charge in [-0.3, -0.25) is 9.59 Å². The van der Waals surface area contributed by atoms with E-state index in [1.807, 2.05) is 30.8 Å². The molecule has 1 N–H and O–H groups in total. The van der Waals surface area contributed by atoms with Crippen LogP contribution < -0.4 is 5.32 Å². The fourth-order valence-electron chi connectivity index (χ4n) is 5.92. The van der Waals surface area contributed by atoms with Crippen LogP contribution in [-0.4, -0.2) is 143 Å². The summed E-state index contributed by atoms with van der Waals surface area (Å²) in [7, 11) is 8.87. The Morgan fingerprint density at radius 3 is 2.31 bits per heavy atom. The number of guanidine groups is 1. The molecule has 2 fully saturated rings. The number of likely N-dealkylation sites (tertiary alicyclic amines) is 1. The van der Waals surface area contributed by atoms with Crippen LogP contribution >= 0.6 is 0 Å². The standard InChI is InChI=1S/C28H52N6O5/c1-9-20(2)26(32(6)25(37)18-30-28(31(4)5)33-15-12-29-13-16-33)23(38-7)17-24(36)34-14-10-11-22(34)27(39-8)21(3)19-35/h19-23,26-27,29H,9-18H2,1-8H3. The summed E-state index contributed by atoms with van der Waals surface area (Å²) >= 11 is 0. The van der Waals surface area contributed by atoms with E-state index in [9.17, 15) is 14.4 Å². The minimum atomic E-state index is -0.474. The number of aliphatic imine (C=N–C) groups is 1. The van der Waals surface area contributed by atoms with E-state index in [-0.39, 0.29) is 54.8 Å². The Morgan fingerprint density at radius 2 is 1.77 bits per heavy atom. The van der Waals surface area contributed by atoms with Crippen molar-refractivity contribution < 1.29 is 23.9 Å². The van der Waals surface area contributed by atoms with E-state index in [2.05, 4.69) is 24.1 Å². The second kappa shape index (κ2) is 16.1. The number of aldehydes is 1. The van der Waals surface area contributed by atoms with Crippen molar-refractivity contribution in [1.82, 2.24) is 24.9 Å². The van der Waals surface area contributed by atoms with Gasteiger partial charge in [0.1, 0.15) is 12.8 Å². The number of hydrogen-bond donors (Lipinski definition) is 1. The zero-order valence-corrected chi connectivity index (χ0v) is 25.4. The van der Waals surface area contributed by atoms with E-state index in [0.717, 1.165) is 57.7 Å². The zero-order valence-electron chi connectivity index (χ0n) is 25.4. The van der Waals surface area contributed by atoms with Gasteiger partial charge in [-0.05, 0) is 18.8 Å². The predicted octanol–water partition coefficient (Wildman–Crippen LogP) is 0.928. The highest BCUT2D eigenvalue weighted by Crippen LogP contribution is 2.28. The lowest BCUT2D eigenvalue weighted by molar-refractivity contribution is -0.144. The minimum Gasteiger partial charge on any atom is -0.379 e. The summed E-state index contributed by atoms with van der Waals surface area (Å²) < 4.78 is 11.5. The van der Waals surface area contributed by atoms with Crippen molar-refractivity contribution in [3.8, 4) is 0 Å². The number of nitrogens with one attached hydrogen (secondary N) is 1. The number of ether oxygens (including phenoxy) is 2. The van der Waals surface area contributed by atoms with E-state index < -0.39 is 6.10 Å². The largest absolute Gasteiger partial charge is 0.379 e. The molecule has 2 aliphatic heterocycles. The molecular formula is C28H52N6O5. The molecule has 11 heteroatoms. The van der Waals surface area contributed by atoms with E-state index in [1.165, 1.54) is 0 Å². The first kappa shape index (κ1) is 33.0. The van der Waals surface area contributed by atoms with Crippen molar-refractivity contribution >= 4 is 24.1 Å². The normalized spacial score (nSPS) is 22.2. The average Bonchev–Trinajstić information content (AvgIpc) is 3.42. The predicted molar refractivity (Wildman–Crippen MR) is 153 cm³/mol. The van der Waals surface area contributed by atoms with Gasteiger partial charge in [0.25, 0.3) is 0 Å². The van der Waals surface area contributed by atoms with Crippen LogP contribution in [0.25, 0.3) is 0 Å². The van der Waals surface area contributed by atoms with Crippen LogP contribution in [0.5, 0.6) is 0 Å². The number of hydrogen-bond acceptors (Lipinski definition) is 7. The Morgan fingerprint density at radius 1 is 1.10 bits per heavy atom. The van der Waals surface area contributed by atoms with Gasteiger partial charge in [-0.25, -0.2) is 4.99 Å². The van der Waals surface area contributed by atoms with E-state index in [0.29, 0.717) is 6.54 Å². The maximum atomic E-state index is 13.6. The molecule has 2 amide bonds. The zero-order chi connectivity index (χ0) is 29.1. The van der Waals surface area contributed by atoms with Crippen LogP contribution in [0.4, 0.5) is 0 Å². The molecule has 0 bridgehead atoms. The summed E-state index contributed by atoms with van der Waals surface area (Å²) in [5.74, 6) is 0.456. The second-order valence-electron chi connectivity index (χ2n) is 11.1. The number of likely N-dealkylation sites (N-methyl/N-ethyl adjacent to an activating group) is 1. The van der Waals surface area contributed by atoms with Crippen molar-refractivity contribution in [2.45, 2.75) is 70.7 Å². The van der Waals surface area contributed by atoms with Gasteiger partial charge in [0.15, 0.2) is 5.96 Å². The Bertz CT molecular complexity index is 818. The molecule has 0 aliphatic carbocycles. The summed E-state index contributed by atoms with van der Waals surface area (Å²) in [4.78, 5) is 50.9. The average molecular weight is 553 g/mol. The maximum Gasteiger partial charge on any atom is 0.244 e. The molecule has 0 aromatic rings. The highest BCUT2D eigenvalue weighted by Gasteiger charge is 2.40. The van der Waals surface area contributed by atoms with Crippen LogP contribution in [-0.2, 0) is 23.9 Å². The van der Waals surface area contributed by atoms with Gasteiger partial charge in [-0.2, -0.15) is 0 Å². The monoisotopic (exact) mass is 552 g/mol. The Labute approximate surface area is 235 Å². The van der Waals surface area contributed by atoms with Crippen LogP contribution in [0, 0.1) is 11.8 Å². The Kier molecular flexibility index (Phi) is 13.6. The van der Waals surface area contributed by atoms with Crippen LogP contribution in [0.2, 0.25) is 0 Å². The lowest BCUT2D eigenvalue weighted by Gasteiger charge is -2.39. The first-order valence-corrected chi connectivity index (χ1v) is 14.3. The first-order valence-electron chi connectivity index (χ1n) is 14.3. The number of rotatable bonds is 13. The third-order valence-electron chi connectivity index (χ3n) is 8.29. The molecule has 39 heavy (non-hydrogen) atoms. The quantitative estimate of drug-likeness (QED) is 0.204. The molecule has 0 aromatic heterocycles. The third kappa shape index (κ3) is 8.62. The Hall–Kier alpha value is -2.24. The molecular weight excluding hydrogens is 500 g/mol. The van der Waals surface area contributed by atoms with Gasteiger partial charge in [0.05, 0.1) is 30.7 Å². The number of carbonyl (C=O) groups excluding carboxylic acids is 3. The van der Waals surface area contributed by atoms with Gasteiger partial charge >= 0.3 is 0 Å². The number of piperazine rings is 1. The van der Waals surface area contributed by atoms with Gasteiger partial charge in [0.2, 0.25) is 11.8 Å². The number of methoxy groups -OCH3 is 2. The topological polar surface area (TPSA) is 107 Å². The number of amides is 2. The SMILES string of the molecule is CCC(C)C(C(CC(=O)N1CCCC1C(OC)C(C)C=O)OC)N(C)C(=O)CN=C(N(C)C)N1CCNCC1. The Balaban J connectivity index is 2.18. The van der Waals surface area contributed by atoms with Crippen LogP contribution in [0.1, 0.15) is 46.5 Å². The van der Waals surface area contributed by atoms with E-state index >= 15 is 0 Å². The van der Waals surface area contributed by atoms with Gasteiger partial charge in [-0.15, -0.1) is 0 Å². The summed E-state index contributed by atoms with van der Waals surface area (Å²) in [5.41, 5.74) is 0. The van der Waals surface area contributed by atoms with Crippen LogP contribution in [0.15, 0.2) is 4.99 Å². The highest BCUT2D eigenvalue weighted by molar-refractivity contribution is 5.85. The van der Waals surface area contributed by atoms with Crippen molar-refractivity contribution in [3.63, 3.8) is 0 Å². The third-order valence-corrected chi connectivity index (χ3v) is 8.29. The smallest absolute Gasteiger partial charge is 0.244 e. The molecule has 2 heterocycles. The van der Waals surface area contributed by atoms with Gasteiger partial charge in [-0.1, -0.05) is 27.2 Å². The first-order chi connectivity index (χ1) is 18.6. The summed E-state index contributed by atoms with van der Waals surface area (Å²) in [6.45, 7) is 10.1. The molecule has 6 unspecified atom stereocenters. The molecule has 0 saturated carbocycles. The number of carbonyl (C=O) groups is 3. The molecule has 0 aromatic carbocycles. The molecule has 6 atom stereocenters. The minimum absolute atomic E-state index is 0.0263. The highest BCUT2D eigenvalue weighted by atomic mass is 16.5. The number of nitrogens with zero attached hydrogens (tertiary/aromatic N) is 5. The maximum absolute atomic E-state index is 13.6. The fourth-order valence-corrected chi connectivity index (χ4v) is 5.92. The summed E-state index contributed by atoms with van der Waals surface area (Å²) in [6, 6.07) is -0.438. The lowest BCUT2D eigenvalue weighted by Crippen LogP contribution is -2.53. The molecule has 0 radical (unpaired) electrons. The molecule has 0 spiro atoms. The molecule has 11 nitrogen and oxygen atoms in total. The van der Waals surface area contributed by atoms with Crippen LogP contribution in [0.3, 0.4) is 0 Å². The second-order valence-corrected chi connectivity index (χ2v) is 11.1. The van der Waals surface area contributed by atoms with Crippen molar-refractivity contribution in [1.29, 1.82) is 0 Å². The fraction of sp³-hybridized carbons (Fsp3) is 0.857. The molecule has 2 saturated heterocycles. The van der Waals surface area contributed by atoms with Crippen molar-refractivity contribution in [2.24, 2.45) is 16.8 Å². The van der Waals surface area contributed by atoms with Crippen molar-refractivity contribution in [2.75, 3.05) is 74.6 Å².